The molecule has 0 amide bonds. The Kier molecular flexibility index (Phi) is 3.21. The van der Waals surface area contributed by atoms with Gasteiger partial charge in [-0.15, -0.1) is 0 Å². The number of aromatic nitrogens is 1. The van der Waals surface area contributed by atoms with E-state index in [1.807, 2.05) is 19.2 Å². The molecule has 15 heavy (non-hydrogen) atoms. The highest BCUT2D eigenvalue weighted by Crippen LogP contribution is 2.19. The highest BCUT2D eigenvalue weighted by atomic mass is 15.1. The SMILES string of the molecule is C[C@@H](N)c1ccc(N2CCCCC2)cn1. The first-order valence-corrected chi connectivity index (χ1v) is 5.74. The lowest BCUT2D eigenvalue weighted by Crippen LogP contribution is -2.29. The van der Waals surface area contributed by atoms with E-state index in [1.54, 1.807) is 0 Å². The van der Waals surface area contributed by atoms with Gasteiger partial charge in [-0.05, 0) is 38.3 Å². The van der Waals surface area contributed by atoms with Crippen molar-refractivity contribution >= 4 is 5.69 Å². The van der Waals surface area contributed by atoms with Crippen molar-refractivity contribution in [2.75, 3.05) is 18.0 Å². The normalized spacial score (nSPS) is 18.9. The van der Waals surface area contributed by atoms with E-state index in [0.29, 0.717) is 0 Å². The topological polar surface area (TPSA) is 42.1 Å². The molecule has 3 heteroatoms. The van der Waals surface area contributed by atoms with Gasteiger partial charge in [0.2, 0.25) is 0 Å². The summed E-state index contributed by atoms with van der Waals surface area (Å²) in [5.74, 6) is 0. The van der Waals surface area contributed by atoms with Crippen LogP contribution in [-0.2, 0) is 0 Å². The Morgan fingerprint density at radius 1 is 1.27 bits per heavy atom. The second-order valence-corrected chi connectivity index (χ2v) is 4.28. The van der Waals surface area contributed by atoms with Crippen molar-refractivity contribution in [1.29, 1.82) is 0 Å². The van der Waals surface area contributed by atoms with Gasteiger partial charge in [-0.25, -0.2) is 0 Å². The van der Waals surface area contributed by atoms with Gasteiger partial charge in [0, 0.05) is 19.1 Å². The van der Waals surface area contributed by atoms with E-state index < -0.39 is 0 Å². The molecule has 0 saturated carbocycles. The molecular formula is C12H19N3. The zero-order chi connectivity index (χ0) is 10.7. The van der Waals surface area contributed by atoms with Gasteiger partial charge in [0.05, 0.1) is 17.6 Å². The van der Waals surface area contributed by atoms with Crippen molar-refractivity contribution in [3.63, 3.8) is 0 Å². The van der Waals surface area contributed by atoms with Gasteiger partial charge in [0.1, 0.15) is 0 Å². The maximum absolute atomic E-state index is 5.77. The third-order valence-electron chi connectivity index (χ3n) is 2.96. The van der Waals surface area contributed by atoms with Crippen molar-refractivity contribution in [1.82, 2.24) is 4.98 Å². The zero-order valence-electron chi connectivity index (χ0n) is 9.32. The van der Waals surface area contributed by atoms with Crippen LogP contribution in [0.1, 0.15) is 37.9 Å². The quantitative estimate of drug-likeness (QED) is 0.804. The summed E-state index contributed by atoms with van der Waals surface area (Å²) < 4.78 is 0. The molecule has 0 unspecified atom stereocenters. The van der Waals surface area contributed by atoms with Crippen LogP contribution in [0.5, 0.6) is 0 Å². The first-order valence-electron chi connectivity index (χ1n) is 5.74. The Labute approximate surface area is 91.3 Å². The fraction of sp³-hybridized carbons (Fsp3) is 0.583. The van der Waals surface area contributed by atoms with Gasteiger partial charge in [-0.2, -0.15) is 0 Å². The van der Waals surface area contributed by atoms with Crippen molar-refractivity contribution in [3.05, 3.63) is 24.0 Å². The Hall–Kier alpha value is -1.09. The van der Waals surface area contributed by atoms with Gasteiger partial charge in [-0.1, -0.05) is 0 Å². The molecule has 0 spiro atoms. The van der Waals surface area contributed by atoms with Crippen molar-refractivity contribution < 1.29 is 0 Å². The highest BCUT2D eigenvalue weighted by molar-refractivity contribution is 5.45. The second kappa shape index (κ2) is 4.62. The molecule has 1 atom stereocenters. The Morgan fingerprint density at radius 3 is 2.53 bits per heavy atom. The van der Waals surface area contributed by atoms with Gasteiger partial charge in [-0.3, -0.25) is 4.98 Å². The first kappa shape index (κ1) is 10.4. The molecular weight excluding hydrogens is 186 g/mol. The van der Waals surface area contributed by atoms with Crippen LogP contribution in [0.3, 0.4) is 0 Å². The van der Waals surface area contributed by atoms with Gasteiger partial charge >= 0.3 is 0 Å². The van der Waals surface area contributed by atoms with E-state index in [0.717, 1.165) is 5.69 Å². The summed E-state index contributed by atoms with van der Waals surface area (Å²) >= 11 is 0. The molecule has 3 nitrogen and oxygen atoms in total. The van der Waals surface area contributed by atoms with Crippen LogP contribution >= 0.6 is 0 Å². The predicted molar refractivity (Wildman–Crippen MR) is 62.9 cm³/mol. The van der Waals surface area contributed by atoms with Crippen LogP contribution < -0.4 is 10.6 Å². The summed E-state index contributed by atoms with van der Waals surface area (Å²) in [4.78, 5) is 6.79. The lowest BCUT2D eigenvalue weighted by Gasteiger charge is -2.28. The molecule has 1 fully saturated rings. The summed E-state index contributed by atoms with van der Waals surface area (Å²) in [6, 6.07) is 4.20. The molecule has 1 aromatic heterocycles. The number of anilines is 1. The summed E-state index contributed by atoms with van der Waals surface area (Å²) in [5, 5.41) is 0. The monoisotopic (exact) mass is 205 g/mol. The molecule has 0 aliphatic carbocycles. The fourth-order valence-corrected chi connectivity index (χ4v) is 2.01. The van der Waals surface area contributed by atoms with Gasteiger partial charge < -0.3 is 10.6 Å². The van der Waals surface area contributed by atoms with E-state index in [1.165, 1.54) is 38.0 Å². The number of pyridine rings is 1. The van der Waals surface area contributed by atoms with Crippen molar-refractivity contribution in [3.8, 4) is 0 Å². The minimum Gasteiger partial charge on any atom is -0.370 e. The number of hydrogen-bond donors (Lipinski definition) is 1. The number of piperidine rings is 1. The molecule has 2 rings (SSSR count). The highest BCUT2D eigenvalue weighted by Gasteiger charge is 2.11. The number of hydrogen-bond acceptors (Lipinski definition) is 3. The smallest absolute Gasteiger partial charge is 0.0569 e. The third kappa shape index (κ3) is 2.48. The summed E-state index contributed by atoms with van der Waals surface area (Å²) in [5.41, 5.74) is 7.97. The molecule has 1 aliphatic heterocycles. The molecule has 0 radical (unpaired) electrons. The summed E-state index contributed by atoms with van der Waals surface area (Å²) in [6.07, 6.45) is 5.91. The number of nitrogens with two attached hydrogens (primary N) is 1. The molecule has 82 valence electrons. The largest absolute Gasteiger partial charge is 0.370 e. The Balaban J connectivity index is 2.08. The fourth-order valence-electron chi connectivity index (χ4n) is 2.01. The van der Waals surface area contributed by atoms with Crippen LogP contribution in [0, 0.1) is 0 Å². The van der Waals surface area contributed by atoms with Crippen LogP contribution in [0.25, 0.3) is 0 Å². The van der Waals surface area contributed by atoms with Crippen LogP contribution in [0.2, 0.25) is 0 Å². The van der Waals surface area contributed by atoms with E-state index >= 15 is 0 Å². The standard InChI is InChI=1S/C12H19N3/c1-10(13)12-6-5-11(9-14-12)15-7-3-2-4-8-15/h5-6,9-10H,2-4,7-8,13H2,1H3/t10-/m1/s1. The molecule has 0 bridgehead atoms. The summed E-state index contributed by atoms with van der Waals surface area (Å²) in [6.45, 7) is 4.29. The molecule has 0 aromatic carbocycles. The van der Waals surface area contributed by atoms with E-state index in [2.05, 4.69) is 16.0 Å². The van der Waals surface area contributed by atoms with E-state index in [-0.39, 0.29) is 6.04 Å². The van der Waals surface area contributed by atoms with Crippen LogP contribution in [0.4, 0.5) is 5.69 Å². The molecule has 2 N–H and O–H groups in total. The first-order chi connectivity index (χ1) is 7.27. The number of nitrogens with zero attached hydrogens (tertiary/aromatic N) is 2. The van der Waals surface area contributed by atoms with E-state index in [4.69, 9.17) is 5.73 Å². The Morgan fingerprint density at radius 2 is 2.00 bits per heavy atom. The zero-order valence-corrected chi connectivity index (χ0v) is 9.32. The summed E-state index contributed by atoms with van der Waals surface area (Å²) in [7, 11) is 0. The molecule has 1 saturated heterocycles. The van der Waals surface area contributed by atoms with Crippen molar-refractivity contribution in [2.45, 2.75) is 32.2 Å². The second-order valence-electron chi connectivity index (χ2n) is 4.28. The third-order valence-corrected chi connectivity index (χ3v) is 2.96. The Bertz CT molecular complexity index is 299. The maximum atomic E-state index is 5.77. The van der Waals surface area contributed by atoms with Gasteiger partial charge in [0.15, 0.2) is 0 Å². The van der Waals surface area contributed by atoms with Gasteiger partial charge in [0.25, 0.3) is 0 Å². The van der Waals surface area contributed by atoms with Crippen molar-refractivity contribution in [2.24, 2.45) is 5.73 Å². The lowest BCUT2D eigenvalue weighted by molar-refractivity contribution is 0.577. The number of rotatable bonds is 2. The maximum Gasteiger partial charge on any atom is 0.0569 e. The minimum atomic E-state index is 0.0282. The molecule has 1 aromatic rings. The average molecular weight is 205 g/mol. The van der Waals surface area contributed by atoms with Crippen LogP contribution in [0.15, 0.2) is 18.3 Å². The van der Waals surface area contributed by atoms with E-state index in [9.17, 15) is 0 Å². The van der Waals surface area contributed by atoms with Crippen LogP contribution in [-0.4, -0.2) is 18.1 Å². The molecule has 1 aliphatic rings. The average Bonchev–Trinajstić information content (AvgIpc) is 2.30. The predicted octanol–water partition coefficient (Wildman–Crippen LogP) is 2.09. The minimum absolute atomic E-state index is 0.0282. The molecule has 2 heterocycles. The lowest BCUT2D eigenvalue weighted by atomic mass is 10.1.